The van der Waals surface area contributed by atoms with Crippen molar-refractivity contribution in [2.75, 3.05) is 0 Å². The first-order chi connectivity index (χ1) is 4.52. The van der Waals surface area contributed by atoms with Gasteiger partial charge in [0.1, 0.15) is 0 Å². The lowest BCUT2D eigenvalue weighted by Gasteiger charge is -2.08. The number of carboxylic acid groups (broad SMARTS) is 2. The molecule has 12 heavy (non-hydrogen) atoms. The molecule has 0 fully saturated rings. The fraction of sp³-hybridized carbons (Fsp3) is 0. The summed E-state index contributed by atoms with van der Waals surface area (Å²) in [5, 5.41) is 18.7. The molecule has 0 rings (SSSR count). The van der Waals surface area contributed by atoms with Crippen molar-refractivity contribution in [2.45, 2.75) is 0 Å². The number of hydrogen-bond acceptors (Lipinski definition) is 7. The molecule has 0 spiro atoms. The van der Waals surface area contributed by atoms with Crippen LogP contribution in [0.3, 0.4) is 0 Å². The Morgan fingerprint density at radius 2 is 1.08 bits per heavy atom. The van der Waals surface area contributed by atoms with Crippen molar-refractivity contribution in [3.63, 3.8) is 0 Å². The van der Waals surface area contributed by atoms with Gasteiger partial charge in [0.15, 0.2) is 0 Å². The van der Waals surface area contributed by atoms with Crippen LogP contribution in [0.2, 0.25) is 0 Å². The van der Waals surface area contributed by atoms with Crippen LogP contribution in [-0.2, 0) is 9.47 Å². The van der Waals surface area contributed by atoms with E-state index in [4.69, 9.17) is 0 Å². The molecule has 72 valence electrons. The average Bonchev–Trinajstić information content (AvgIpc) is 1.58. The molecule has 0 unspecified atom stereocenters. The van der Waals surface area contributed by atoms with E-state index in [0.717, 1.165) is 0 Å². The zero-order valence-electron chi connectivity index (χ0n) is 6.36. The van der Waals surface area contributed by atoms with E-state index < -0.39 is 18.5 Å². The van der Waals surface area contributed by atoms with Crippen molar-refractivity contribution in [1.29, 1.82) is 0 Å². The molecular weight excluding hydrogens is 176 g/mol. The standard InChI is InChI=1S/C3H2O7.2H3N/c4-1(5)9-3(8)10-2(6)7;;/h(H,4,5)(H,6,7);2*1H3. The fourth-order valence-corrected chi connectivity index (χ4v) is 0.157. The third-order valence-corrected chi connectivity index (χ3v) is 0.333. The Bertz CT molecular complexity index is 159. The van der Waals surface area contributed by atoms with Crippen LogP contribution in [0.15, 0.2) is 0 Å². The Kier molecular flexibility index (Phi) is 10.0. The van der Waals surface area contributed by atoms with E-state index >= 15 is 0 Å². The van der Waals surface area contributed by atoms with Gasteiger partial charge in [-0.3, -0.25) is 0 Å². The summed E-state index contributed by atoms with van der Waals surface area (Å²) in [5.41, 5.74) is 0. The van der Waals surface area contributed by atoms with Gasteiger partial charge in [-0.2, -0.15) is 0 Å². The molecule has 0 heterocycles. The maximum absolute atomic E-state index is 9.78. The lowest BCUT2D eigenvalue weighted by atomic mass is 11.2. The fourth-order valence-electron chi connectivity index (χ4n) is 0.157. The van der Waals surface area contributed by atoms with Crippen LogP contribution in [0, 0.1) is 0 Å². The minimum atomic E-state index is -2.20. The van der Waals surface area contributed by atoms with Gasteiger partial charge in [-0.05, 0) is 0 Å². The highest BCUT2D eigenvalue weighted by Crippen LogP contribution is 1.82. The van der Waals surface area contributed by atoms with Gasteiger partial charge in [-0.1, -0.05) is 0 Å². The lowest BCUT2D eigenvalue weighted by molar-refractivity contribution is -0.285. The zero-order valence-corrected chi connectivity index (χ0v) is 6.36. The second-order valence-electron chi connectivity index (χ2n) is 0.954. The van der Waals surface area contributed by atoms with E-state index in [1.165, 1.54) is 0 Å². The molecule has 0 amide bonds. The first-order valence-electron chi connectivity index (χ1n) is 1.84. The van der Waals surface area contributed by atoms with Crippen LogP contribution in [0.1, 0.15) is 0 Å². The molecular formula is C3H8N2O7. The third-order valence-electron chi connectivity index (χ3n) is 0.333. The van der Waals surface area contributed by atoms with Gasteiger partial charge in [-0.25, -0.2) is 4.79 Å². The van der Waals surface area contributed by atoms with Gasteiger partial charge < -0.3 is 41.6 Å². The van der Waals surface area contributed by atoms with Crippen LogP contribution < -0.4 is 22.5 Å². The first kappa shape index (κ1) is 16.6. The first-order valence-corrected chi connectivity index (χ1v) is 1.84. The molecule has 0 bridgehead atoms. The largest absolute Gasteiger partial charge is 0.467 e. The Morgan fingerprint density at radius 3 is 1.25 bits per heavy atom. The number of ether oxygens (including phenoxy) is 2. The Morgan fingerprint density at radius 1 is 0.833 bits per heavy atom. The Hall–Kier alpha value is -1.87. The summed E-state index contributed by atoms with van der Waals surface area (Å²) in [7, 11) is 0. The monoisotopic (exact) mass is 184 g/mol. The maximum atomic E-state index is 9.78. The molecule has 0 aliphatic carbocycles. The van der Waals surface area contributed by atoms with E-state index in [2.05, 4.69) is 9.47 Å². The highest BCUT2D eigenvalue weighted by atomic mass is 16.8. The van der Waals surface area contributed by atoms with Crippen molar-refractivity contribution >= 4 is 18.5 Å². The van der Waals surface area contributed by atoms with E-state index in [0.29, 0.717) is 0 Å². The van der Waals surface area contributed by atoms with Crippen molar-refractivity contribution in [1.82, 2.24) is 12.3 Å². The summed E-state index contributed by atoms with van der Waals surface area (Å²) in [4.78, 5) is 28.5. The van der Waals surface area contributed by atoms with Crippen molar-refractivity contribution in [3.05, 3.63) is 0 Å². The lowest BCUT2D eigenvalue weighted by Crippen LogP contribution is -2.32. The molecule has 0 aromatic heterocycles. The second-order valence-corrected chi connectivity index (χ2v) is 0.954. The van der Waals surface area contributed by atoms with Gasteiger partial charge in [0.2, 0.25) is 0 Å². The third kappa shape index (κ3) is 11.0. The molecule has 9 nitrogen and oxygen atoms in total. The van der Waals surface area contributed by atoms with E-state index in [1.54, 1.807) is 0 Å². The highest BCUT2D eigenvalue weighted by Gasteiger charge is 1.95. The number of rotatable bonds is 0. The van der Waals surface area contributed by atoms with Crippen LogP contribution >= 0.6 is 0 Å². The summed E-state index contributed by atoms with van der Waals surface area (Å²) in [6.45, 7) is 0. The Balaban J connectivity index is -0.000000405. The van der Waals surface area contributed by atoms with Crippen molar-refractivity contribution in [3.8, 4) is 0 Å². The minimum Gasteiger partial charge on any atom is -0.467 e. The second kappa shape index (κ2) is 7.24. The number of quaternary nitrogens is 2. The highest BCUT2D eigenvalue weighted by molar-refractivity contribution is 5.81. The molecule has 0 saturated carbocycles. The van der Waals surface area contributed by atoms with Crippen molar-refractivity contribution in [2.24, 2.45) is 0 Å². The van der Waals surface area contributed by atoms with E-state index in [-0.39, 0.29) is 12.3 Å². The van der Waals surface area contributed by atoms with Gasteiger partial charge in [0.05, 0.1) is 0 Å². The van der Waals surface area contributed by atoms with Gasteiger partial charge in [-0.15, -0.1) is 0 Å². The van der Waals surface area contributed by atoms with Gasteiger partial charge >= 0.3 is 6.16 Å². The topological polar surface area (TPSA) is 189 Å². The average molecular weight is 184 g/mol. The normalized spacial score (nSPS) is 6.67. The van der Waals surface area contributed by atoms with Gasteiger partial charge in [0, 0.05) is 0 Å². The molecule has 8 N–H and O–H groups in total. The summed E-state index contributed by atoms with van der Waals surface area (Å²) in [5.74, 6) is 0. The molecule has 0 aromatic rings. The minimum absolute atomic E-state index is 0. The van der Waals surface area contributed by atoms with Crippen LogP contribution in [-0.4, -0.2) is 18.5 Å². The van der Waals surface area contributed by atoms with E-state index in [1.807, 2.05) is 0 Å². The smallest absolute Gasteiger partial charge is 0.362 e. The maximum Gasteiger partial charge on any atom is 0.362 e. The molecule has 9 heteroatoms. The van der Waals surface area contributed by atoms with Gasteiger partial charge in [0.25, 0.3) is 12.3 Å². The predicted molar refractivity (Wildman–Crippen MR) is 30.3 cm³/mol. The van der Waals surface area contributed by atoms with Crippen molar-refractivity contribution < 1.29 is 34.1 Å². The molecule has 0 aliphatic rings. The van der Waals surface area contributed by atoms with Crippen LogP contribution in [0.4, 0.5) is 14.4 Å². The Labute approximate surface area is 66.0 Å². The molecule has 0 atom stereocenters. The van der Waals surface area contributed by atoms with E-state index in [9.17, 15) is 24.6 Å². The molecule has 0 aliphatic heterocycles. The SMILES string of the molecule is O=C([O-])OC(=O)OC(=O)[O-].[NH4+].[NH4+]. The summed E-state index contributed by atoms with van der Waals surface area (Å²) in [6, 6.07) is 0. The summed E-state index contributed by atoms with van der Waals surface area (Å²) < 4.78 is 6.17. The molecule has 0 radical (unpaired) electrons. The summed E-state index contributed by atoms with van der Waals surface area (Å²) in [6.07, 6.45) is -6.32. The van der Waals surface area contributed by atoms with Crippen LogP contribution in [0.5, 0.6) is 0 Å². The number of carbonyl (C=O) groups is 3. The summed E-state index contributed by atoms with van der Waals surface area (Å²) >= 11 is 0. The molecule has 0 saturated heterocycles. The number of hydrogen-bond donors (Lipinski definition) is 2. The zero-order chi connectivity index (χ0) is 8.15. The number of carbonyl (C=O) groups excluding carboxylic acids is 3. The quantitative estimate of drug-likeness (QED) is 0.340. The van der Waals surface area contributed by atoms with Crippen LogP contribution in [0.25, 0.3) is 0 Å². The molecule has 0 aromatic carbocycles. The predicted octanol–water partition coefficient (Wildman–Crippen LogP) is -1.42.